The quantitative estimate of drug-likeness (QED) is 0.721. The van der Waals surface area contributed by atoms with Gasteiger partial charge >= 0.3 is 5.69 Å². The van der Waals surface area contributed by atoms with Gasteiger partial charge in [-0.2, -0.15) is 4.98 Å². The van der Waals surface area contributed by atoms with Crippen LogP contribution in [0.25, 0.3) is 0 Å². The van der Waals surface area contributed by atoms with Gasteiger partial charge < -0.3 is 15.6 Å². The highest BCUT2D eigenvalue weighted by Gasteiger charge is 2.35. The molecule has 2 rings (SSSR count). The number of aliphatic hydroxyl groups excluding tert-OH is 1. The molecule has 0 spiro atoms. The van der Waals surface area contributed by atoms with Gasteiger partial charge in [-0.05, 0) is 12.5 Å². The molecule has 0 bridgehead atoms. The molecule has 0 radical (unpaired) electrons. The topological polar surface area (TPSA) is 90.4 Å². The number of anilines is 1. The van der Waals surface area contributed by atoms with E-state index in [4.69, 9.17) is 16.9 Å². The Morgan fingerprint density at radius 1 is 1.72 bits per heavy atom. The second kappa shape index (κ2) is 5.21. The zero-order valence-electron chi connectivity index (χ0n) is 9.82. The number of rotatable bonds is 3. The fraction of sp³-hybridized carbons (Fsp3) is 0.500. The van der Waals surface area contributed by atoms with Crippen molar-refractivity contribution in [3.63, 3.8) is 0 Å². The summed E-state index contributed by atoms with van der Waals surface area (Å²) in [7, 11) is 0. The van der Waals surface area contributed by atoms with Gasteiger partial charge in [0.25, 0.3) is 0 Å². The first kappa shape index (κ1) is 12.6. The first-order valence-corrected chi connectivity index (χ1v) is 5.70. The monoisotopic (exact) mass is 249 g/mol. The number of terminal acetylenes is 1. The van der Waals surface area contributed by atoms with Crippen molar-refractivity contribution in [1.82, 2.24) is 9.55 Å². The molecule has 0 aliphatic carbocycles. The van der Waals surface area contributed by atoms with Gasteiger partial charge in [-0.3, -0.25) is 4.57 Å². The van der Waals surface area contributed by atoms with Crippen LogP contribution in [-0.2, 0) is 4.74 Å². The predicted molar refractivity (Wildman–Crippen MR) is 65.5 cm³/mol. The Morgan fingerprint density at radius 3 is 3.11 bits per heavy atom. The molecule has 0 unspecified atom stereocenters. The maximum atomic E-state index is 11.7. The van der Waals surface area contributed by atoms with Crippen molar-refractivity contribution in [2.45, 2.75) is 25.2 Å². The summed E-state index contributed by atoms with van der Waals surface area (Å²) in [6.45, 7) is -0.111. The van der Waals surface area contributed by atoms with E-state index in [1.54, 1.807) is 6.20 Å². The van der Waals surface area contributed by atoms with Crippen molar-refractivity contribution in [1.29, 1.82) is 0 Å². The van der Waals surface area contributed by atoms with Crippen LogP contribution < -0.4 is 11.4 Å². The Balaban J connectivity index is 2.21. The highest BCUT2D eigenvalue weighted by molar-refractivity contribution is 5.23. The molecular formula is C12H15N3O3. The van der Waals surface area contributed by atoms with Crippen LogP contribution in [-0.4, -0.2) is 27.4 Å². The number of hydrogen-bond acceptors (Lipinski definition) is 5. The van der Waals surface area contributed by atoms with Crippen molar-refractivity contribution in [2.24, 2.45) is 5.92 Å². The predicted octanol–water partition coefficient (Wildman–Crippen LogP) is -0.255. The molecule has 1 saturated heterocycles. The summed E-state index contributed by atoms with van der Waals surface area (Å²) >= 11 is 0. The molecule has 1 aromatic rings. The highest BCUT2D eigenvalue weighted by Crippen LogP contribution is 2.34. The van der Waals surface area contributed by atoms with Gasteiger partial charge in [0.2, 0.25) is 0 Å². The first-order valence-electron chi connectivity index (χ1n) is 5.70. The molecule has 1 fully saturated rings. The van der Waals surface area contributed by atoms with Crippen LogP contribution in [0.2, 0.25) is 0 Å². The van der Waals surface area contributed by atoms with Crippen LogP contribution in [0.15, 0.2) is 17.1 Å². The third-order valence-corrected chi connectivity index (χ3v) is 3.08. The molecule has 6 heteroatoms. The number of nitrogen functional groups attached to an aromatic ring is 1. The van der Waals surface area contributed by atoms with E-state index in [0.29, 0.717) is 12.8 Å². The van der Waals surface area contributed by atoms with E-state index in [1.807, 2.05) is 0 Å². The fourth-order valence-corrected chi connectivity index (χ4v) is 2.16. The van der Waals surface area contributed by atoms with Gasteiger partial charge in [-0.15, -0.1) is 12.3 Å². The molecule has 0 amide bonds. The average Bonchev–Trinajstić information content (AvgIpc) is 2.72. The summed E-state index contributed by atoms with van der Waals surface area (Å²) < 4.78 is 6.99. The largest absolute Gasteiger partial charge is 0.394 e. The Labute approximate surface area is 104 Å². The van der Waals surface area contributed by atoms with Gasteiger partial charge in [0.15, 0.2) is 0 Å². The van der Waals surface area contributed by atoms with E-state index in [2.05, 4.69) is 10.9 Å². The van der Waals surface area contributed by atoms with Gasteiger partial charge in [0, 0.05) is 18.5 Å². The lowest BCUT2D eigenvalue weighted by Gasteiger charge is -2.14. The minimum Gasteiger partial charge on any atom is -0.394 e. The number of nitrogens with two attached hydrogens (primary N) is 1. The molecule has 1 aromatic heterocycles. The van der Waals surface area contributed by atoms with E-state index in [0.717, 1.165) is 0 Å². The number of aromatic nitrogens is 2. The van der Waals surface area contributed by atoms with Gasteiger partial charge in [-0.25, -0.2) is 4.79 Å². The van der Waals surface area contributed by atoms with E-state index in [-0.39, 0.29) is 24.4 Å². The zero-order valence-corrected chi connectivity index (χ0v) is 9.82. The van der Waals surface area contributed by atoms with Crippen LogP contribution in [0.3, 0.4) is 0 Å². The van der Waals surface area contributed by atoms with Crippen molar-refractivity contribution < 1.29 is 9.84 Å². The summed E-state index contributed by atoms with van der Waals surface area (Å²) in [6.07, 6.45) is 7.13. The highest BCUT2D eigenvalue weighted by atomic mass is 16.5. The van der Waals surface area contributed by atoms with Crippen LogP contribution in [0.5, 0.6) is 0 Å². The van der Waals surface area contributed by atoms with Crippen molar-refractivity contribution >= 4 is 5.82 Å². The molecule has 0 saturated carbocycles. The van der Waals surface area contributed by atoms with Crippen LogP contribution in [0.4, 0.5) is 5.82 Å². The smallest absolute Gasteiger partial charge is 0.351 e. The molecule has 6 nitrogen and oxygen atoms in total. The maximum absolute atomic E-state index is 11.7. The Kier molecular flexibility index (Phi) is 3.65. The number of ether oxygens (including phenoxy) is 1. The maximum Gasteiger partial charge on any atom is 0.351 e. The van der Waals surface area contributed by atoms with Gasteiger partial charge in [-0.1, -0.05) is 0 Å². The summed E-state index contributed by atoms with van der Waals surface area (Å²) in [5.41, 5.74) is 4.96. The molecule has 3 atom stereocenters. The standard InChI is InChI=1S/C12H15N3O3/c1-2-3-8-6-11(18-9(8)7-16)15-5-4-10(13)14-12(15)17/h1,4-5,8-9,11,16H,3,6-7H2,(H2,13,14,17)/t8-,9+,11+/m0/s1. The minimum absolute atomic E-state index is 0.0504. The third kappa shape index (κ3) is 2.37. The molecule has 3 N–H and O–H groups in total. The molecule has 0 aromatic carbocycles. The zero-order chi connectivity index (χ0) is 13.1. The summed E-state index contributed by atoms with van der Waals surface area (Å²) in [4.78, 5) is 15.3. The molecular weight excluding hydrogens is 234 g/mol. The van der Waals surface area contributed by atoms with Crippen LogP contribution in [0.1, 0.15) is 19.1 Å². The molecule has 1 aliphatic rings. The van der Waals surface area contributed by atoms with Gasteiger partial charge in [0.1, 0.15) is 12.0 Å². The molecule has 18 heavy (non-hydrogen) atoms. The average molecular weight is 249 g/mol. The molecule has 2 heterocycles. The fourth-order valence-electron chi connectivity index (χ4n) is 2.16. The normalized spacial score (nSPS) is 27.0. The Hall–Kier alpha value is -1.84. The second-order valence-electron chi connectivity index (χ2n) is 4.26. The number of nitrogens with zero attached hydrogens (tertiary/aromatic N) is 2. The summed E-state index contributed by atoms with van der Waals surface area (Å²) in [6, 6.07) is 1.53. The van der Waals surface area contributed by atoms with Crippen LogP contribution >= 0.6 is 0 Å². The lowest BCUT2D eigenvalue weighted by molar-refractivity contribution is -0.0321. The number of aliphatic hydroxyl groups is 1. The van der Waals surface area contributed by atoms with Gasteiger partial charge in [0.05, 0.1) is 12.7 Å². The first-order chi connectivity index (χ1) is 8.65. The lowest BCUT2D eigenvalue weighted by atomic mass is 9.98. The Bertz CT molecular complexity index is 520. The third-order valence-electron chi connectivity index (χ3n) is 3.08. The second-order valence-corrected chi connectivity index (χ2v) is 4.26. The SMILES string of the molecule is C#CC[C@H]1C[C@H](n2ccc(N)nc2=O)O[C@@H]1CO. The van der Waals surface area contributed by atoms with Crippen molar-refractivity contribution in [3.05, 3.63) is 22.7 Å². The Morgan fingerprint density at radius 2 is 2.50 bits per heavy atom. The van der Waals surface area contributed by atoms with E-state index >= 15 is 0 Å². The summed E-state index contributed by atoms with van der Waals surface area (Å²) in [5.74, 6) is 2.78. The van der Waals surface area contributed by atoms with E-state index < -0.39 is 11.9 Å². The minimum atomic E-state index is -0.460. The molecule has 1 aliphatic heterocycles. The van der Waals surface area contributed by atoms with E-state index in [9.17, 15) is 9.90 Å². The lowest BCUT2D eigenvalue weighted by Crippen LogP contribution is -2.27. The molecule has 96 valence electrons. The van der Waals surface area contributed by atoms with Crippen molar-refractivity contribution in [2.75, 3.05) is 12.3 Å². The number of hydrogen-bond donors (Lipinski definition) is 2. The van der Waals surface area contributed by atoms with Crippen LogP contribution in [0, 0.1) is 18.3 Å². The summed E-state index contributed by atoms with van der Waals surface area (Å²) in [5, 5.41) is 9.22. The van der Waals surface area contributed by atoms with E-state index in [1.165, 1.54) is 10.6 Å². The van der Waals surface area contributed by atoms with Crippen molar-refractivity contribution in [3.8, 4) is 12.3 Å².